The summed E-state index contributed by atoms with van der Waals surface area (Å²) in [5.74, 6) is -0.0610. The second-order valence-electron chi connectivity index (χ2n) is 4.95. The van der Waals surface area contributed by atoms with Gasteiger partial charge in [0.15, 0.2) is 0 Å². The molecule has 0 aliphatic carbocycles. The second-order valence-corrected chi connectivity index (χ2v) is 4.95. The molecule has 0 spiro atoms. The SMILES string of the molecule is CC(NC(=O)CCc1cccc(OC(F)F)c1)c1cnccn1. The maximum Gasteiger partial charge on any atom is 0.387 e. The van der Waals surface area contributed by atoms with Crippen molar-refractivity contribution in [1.29, 1.82) is 0 Å². The van der Waals surface area contributed by atoms with Gasteiger partial charge in [-0.15, -0.1) is 0 Å². The smallest absolute Gasteiger partial charge is 0.387 e. The van der Waals surface area contributed by atoms with Gasteiger partial charge < -0.3 is 10.1 Å². The van der Waals surface area contributed by atoms with Crippen LogP contribution in [0.25, 0.3) is 0 Å². The summed E-state index contributed by atoms with van der Waals surface area (Å²) in [5, 5.41) is 2.82. The highest BCUT2D eigenvalue weighted by Gasteiger charge is 2.11. The van der Waals surface area contributed by atoms with Crippen LogP contribution in [0.15, 0.2) is 42.9 Å². The van der Waals surface area contributed by atoms with Crippen molar-refractivity contribution in [3.8, 4) is 5.75 Å². The van der Waals surface area contributed by atoms with Crippen LogP contribution in [0.1, 0.15) is 30.6 Å². The van der Waals surface area contributed by atoms with E-state index in [1.54, 1.807) is 30.7 Å². The number of aryl methyl sites for hydroxylation is 1. The fraction of sp³-hybridized carbons (Fsp3) is 0.312. The second kappa shape index (κ2) is 8.17. The molecule has 2 rings (SSSR count). The molecule has 1 N–H and O–H groups in total. The Morgan fingerprint density at radius 2 is 2.17 bits per heavy atom. The normalized spacial score (nSPS) is 12.0. The average Bonchev–Trinajstić information content (AvgIpc) is 2.53. The van der Waals surface area contributed by atoms with Gasteiger partial charge in [0, 0.05) is 18.8 Å². The molecule has 0 radical (unpaired) electrons. The number of aromatic nitrogens is 2. The highest BCUT2D eigenvalue weighted by atomic mass is 19.3. The highest BCUT2D eigenvalue weighted by molar-refractivity contribution is 5.76. The maximum absolute atomic E-state index is 12.2. The number of benzene rings is 1. The van der Waals surface area contributed by atoms with Crippen molar-refractivity contribution in [2.45, 2.75) is 32.4 Å². The van der Waals surface area contributed by atoms with Gasteiger partial charge in [0.1, 0.15) is 5.75 Å². The van der Waals surface area contributed by atoms with E-state index in [1.807, 2.05) is 6.92 Å². The fourth-order valence-electron chi connectivity index (χ4n) is 2.06. The molecule has 0 aliphatic heterocycles. The highest BCUT2D eigenvalue weighted by Crippen LogP contribution is 2.17. The third-order valence-electron chi connectivity index (χ3n) is 3.17. The van der Waals surface area contributed by atoms with Gasteiger partial charge in [-0.1, -0.05) is 12.1 Å². The molecule has 1 aromatic heterocycles. The Balaban J connectivity index is 1.84. The first-order chi connectivity index (χ1) is 11.0. The minimum Gasteiger partial charge on any atom is -0.435 e. The van der Waals surface area contributed by atoms with Crippen LogP contribution in [0.3, 0.4) is 0 Å². The minimum atomic E-state index is -2.86. The Kier molecular flexibility index (Phi) is 5.96. The van der Waals surface area contributed by atoms with Gasteiger partial charge in [-0.3, -0.25) is 14.8 Å². The third-order valence-corrected chi connectivity index (χ3v) is 3.17. The number of alkyl halides is 2. The lowest BCUT2D eigenvalue weighted by atomic mass is 10.1. The number of carbonyl (C=O) groups excluding carboxylic acids is 1. The molecule has 1 amide bonds. The number of carbonyl (C=O) groups is 1. The third kappa shape index (κ3) is 5.61. The van der Waals surface area contributed by atoms with E-state index >= 15 is 0 Å². The van der Waals surface area contributed by atoms with Crippen LogP contribution in [0.2, 0.25) is 0 Å². The largest absolute Gasteiger partial charge is 0.435 e. The van der Waals surface area contributed by atoms with Crippen LogP contribution < -0.4 is 10.1 Å². The first-order valence-corrected chi connectivity index (χ1v) is 7.13. The van der Waals surface area contributed by atoms with E-state index in [2.05, 4.69) is 20.0 Å². The van der Waals surface area contributed by atoms with Gasteiger partial charge in [-0.2, -0.15) is 8.78 Å². The fourth-order valence-corrected chi connectivity index (χ4v) is 2.06. The lowest BCUT2D eigenvalue weighted by Gasteiger charge is -2.13. The molecular weight excluding hydrogens is 304 g/mol. The van der Waals surface area contributed by atoms with E-state index in [0.29, 0.717) is 12.1 Å². The monoisotopic (exact) mass is 321 g/mol. The lowest BCUT2D eigenvalue weighted by Crippen LogP contribution is -2.27. The van der Waals surface area contributed by atoms with Crippen LogP contribution in [-0.2, 0) is 11.2 Å². The standard InChI is InChI=1S/C16H17F2N3O2/c1-11(14-10-19-7-8-20-14)21-15(22)6-5-12-3-2-4-13(9-12)23-16(17)18/h2-4,7-11,16H,5-6H2,1H3,(H,21,22). The molecule has 23 heavy (non-hydrogen) atoms. The van der Waals surface area contributed by atoms with E-state index in [-0.39, 0.29) is 24.1 Å². The van der Waals surface area contributed by atoms with Crippen molar-refractivity contribution in [2.24, 2.45) is 0 Å². The van der Waals surface area contributed by atoms with E-state index in [1.165, 1.54) is 12.1 Å². The Labute approximate surface area is 132 Å². The molecule has 5 nitrogen and oxygen atoms in total. The molecule has 0 aliphatic rings. The number of nitrogens with zero attached hydrogens (tertiary/aromatic N) is 2. The van der Waals surface area contributed by atoms with Crippen LogP contribution in [0.5, 0.6) is 5.75 Å². The van der Waals surface area contributed by atoms with Crippen molar-refractivity contribution < 1.29 is 18.3 Å². The predicted molar refractivity (Wildman–Crippen MR) is 80.0 cm³/mol. The average molecular weight is 321 g/mol. The van der Waals surface area contributed by atoms with Gasteiger partial charge in [-0.25, -0.2) is 0 Å². The number of nitrogens with one attached hydrogen (secondary N) is 1. The summed E-state index contributed by atoms with van der Waals surface area (Å²) >= 11 is 0. The van der Waals surface area contributed by atoms with Gasteiger partial charge in [0.05, 0.1) is 17.9 Å². The zero-order valence-electron chi connectivity index (χ0n) is 12.6. The first-order valence-electron chi connectivity index (χ1n) is 7.13. The van der Waals surface area contributed by atoms with E-state index in [0.717, 1.165) is 5.56 Å². The number of ether oxygens (including phenoxy) is 1. The number of rotatable bonds is 7. The maximum atomic E-state index is 12.2. The zero-order valence-corrected chi connectivity index (χ0v) is 12.6. The van der Waals surface area contributed by atoms with E-state index in [4.69, 9.17) is 0 Å². The zero-order chi connectivity index (χ0) is 16.7. The summed E-state index contributed by atoms with van der Waals surface area (Å²) < 4.78 is 28.7. The molecule has 0 saturated heterocycles. The van der Waals surface area contributed by atoms with Crippen LogP contribution in [0, 0.1) is 0 Å². The van der Waals surface area contributed by atoms with Crippen LogP contribution in [0.4, 0.5) is 8.78 Å². The molecule has 1 aromatic carbocycles. The van der Waals surface area contributed by atoms with Gasteiger partial charge in [-0.05, 0) is 31.0 Å². The minimum absolute atomic E-state index is 0.0887. The molecule has 0 saturated carbocycles. The number of hydrogen-bond acceptors (Lipinski definition) is 4. The predicted octanol–water partition coefficient (Wildman–Crippen LogP) is 2.89. The number of halogens is 2. The summed E-state index contributed by atoms with van der Waals surface area (Å²) in [4.78, 5) is 20.0. The summed E-state index contributed by atoms with van der Waals surface area (Å²) in [7, 11) is 0. The molecule has 1 heterocycles. The Bertz CT molecular complexity index is 638. The van der Waals surface area contributed by atoms with Crippen LogP contribution >= 0.6 is 0 Å². The molecule has 2 aromatic rings. The van der Waals surface area contributed by atoms with Crippen molar-refractivity contribution in [3.05, 3.63) is 54.1 Å². The topological polar surface area (TPSA) is 64.1 Å². The van der Waals surface area contributed by atoms with Gasteiger partial charge in [0.2, 0.25) is 5.91 Å². The van der Waals surface area contributed by atoms with E-state index in [9.17, 15) is 13.6 Å². The van der Waals surface area contributed by atoms with Gasteiger partial charge in [0.25, 0.3) is 0 Å². The molecule has 1 atom stereocenters. The Hall–Kier alpha value is -2.57. The number of hydrogen-bond donors (Lipinski definition) is 1. The quantitative estimate of drug-likeness (QED) is 0.851. The number of amides is 1. The van der Waals surface area contributed by atoms with E-state index < -0.39 is 6.61 Å². The molecule has 1 unspecified atom stereocenters. The molecular formula is C16H17F2N3O2. The molecule has 122 valence electrons. The lowest BCUT2D eigenvalue weighted by molar-refractivity contribution is -0.121. The van der Waals surface area contributed by atoms with Crippen molar-refractivity contribution in [3.63, 3.8) is 0 Å². The van der Waals surface area contributed by atoms with Crippen molar-refractivity contribution in [1.82, 2.24) is 15.3 Å². The Morgan fingerprint density at radius 3 is 2.87 bits per heavy atom. The molecule has 0 fully saturated rings. The Morgan fingerprint density at radius 1 is 1.35 bits per heavy atom. The molecule has 7 heteroatoms. The van der Waals surface area contributed by atoms with Crippen molar-refractivity contribution >= 4 is 5.91 Å². The van der Waals surface area contributed by atoms with Crippen molar-refractivity contribution in [2.75, 3.05) is 0 Å². The van der Waals surface area contributed by atoms with Crippen LogP contribution in [-0.4, -0.2) is 22.5 Å². The summed E-state index contributed by atoms with van der Waals surface area (Å²) in [6, 6.07) is 6.09. The molecule has 0 bridgehead atoms. The summed E-state index contributed by atoms with van der Waals surface area (Å²) in [6.07, 6.45) is 5.39. The van der Waals surface area contributed by atoms with Gasteiger partial charge >= 0.3 is 6.61 Å². The first kappa shape index (κ1) is 16.8. The summed E-state index contributed by atoms with van der Waals surface area (Å²) in [5.41, 5.74) is 1.43. The summed E-state index contributed by atoms with van der Waals surface area (Å²) in [6.45, 7) is -1.04.